The van der Waals surface area contributed by atoms with E-state index in [9.17, 15) is 4.39 Å². The molecule has 0 rings (SSSR count). The molecular weight excluding hydrogens is 151 g/mol. The highest BCUT2D eigenvalue weighted by Gasteiger charge is 1.84. The number of halogens is 1. The van der Waals surface area contributed by atoms with Gasteiger partial charge in [-0.15, -0.1) is 0 Å². The van der Waals surface area contributed by atoms with Gasteiger partial charge in [-0.25, -0.2) is 0 Å². The quantitative estimate of drug-likeness (QED) is 0.554. The lowest BCUT2D eigenvalue weighted by atomic mass is 10.6. The molecule has 0 aliphatic rings. The summed E-state index contributed by atoms with van der Waals surface area (Å²) in [6, 6.07) is 0. The molecule has 0 unspecified atom stereocenters. The molecule has 0 aliphatic carbocycles. The minimum atomic E-state index is -4.67. The SMILES string of the molecule is CCCF.O=S(=O)(O)O. The molecule has 0 bridgehead atoms. The monoisotopic (exact) mass is 160 g/mol. The largest absolute Gasteiger partial charge is 0.394 e. The molecule has 0 amide bonds. The zero-order chi connectivity index (χ0) is 7.91. The highest BCUT2D eigenvalue weighted by Crippen LogP contribution is 1.69. The van der Waals surface area contributed by atoms with Crippen LogP contribution in [-0.2, 0) is 10.4 Å². The van der Waals surface area contributed by atoms with Gasteiger partial charge in [-0.05, 0) is 6.42 Å². The Labute approximate surface area is 53.3 Å². The summed E-state index contributed by atoms with van der Waals surface area (Å²) in [5.74, 6) is 0. The van der Waals surface area contributed by atoms with Crippen LogP contribution in [0, 0.1) is 0 Å². The molecule has 0 spiro atoms. The zero-order valence-corrected chi connectivity index (χ0v) is 5.73. The first-order valence-electron chi connectivity index (χ1n) is 2.17. The van der Waals surface area contributed by atoms with E-state index < -0.39 is 10.4 Å². The Kier molecular flexibility index (Phi) is 7.63. The Morgan fingerprint density at radius 2 is 1.56 bits per heavy atom. The van der Waals surface area contributed by atoms with Gasteiger partial charge in [-0.1, -0.05) is 6.92 Å². The minimum absolute atomic E-state index is 0.181. The van der Waals surface area contributed by atoms with E-state index in [1.54, 1.807) is 6.92 Å². The fraction of sp³-hybridized carbons (Fsp3) is 1.00. The molecule has 0 saturated heterocycles. The average molecular weight is 160 g/mol. The van der Waals surface area contributed by atoms with Crippen molar-refractivity contribution < 1.29 is 21.9 Å². The summed E-state index contributed by atoms with van der Waals surface area (Å²) in [4.78, 5) is 0. The molecule has 9 heavy (non-hydrogen) atoms. The van der Waals surface area contributed by atoms with Gasteiger partial charge in [0.1, 0.15) is 0 Å². The lowest BCUT2D eigenvalue weighted by Gasteiger charge is -1.68. The maximum atomic E-state index is 10.7. The molecule has 0 heterocycles. The van der Waals surface area contributed by atoms with Crippen molar-refractivity contribution in [3.05, 3.63) is 0 Å². The number of rotatable bonds is 1. The smallest absolute Gasteiger partial charge is 0.264 e. The number of alkyl halides is 1. The Balaban J connectivity index is 0. The summed E-state index contributed by atoms with van der Waals surface area (Å²) in [5.41, 5.74) is 0. The zero-order valence-electron chi connectivity index (χ0n) is 4.91. The van der Waals surface area contributed by atoms with Gasteiger partial charge in [-0.3, -0.25) is 13.5 Å². The lowest BCUT2D eigenvalue weighted by Crippen LogP contribution is -1.89. The third kappa shape index (κ3) is 410. The van der Waals surface area contributed by atoms with E-state index in [-0.39, 0.29) is 6.67 Å². The van der Waals surface area contributed by atoms with Gasteiger partial charge in [0.2, 0.25) is 0 Å². The van der Waals surface area contributed by atoms with Crippen molar-refractivity contribution in [3.63, 3.8) is 0 Å². The summed E-state index contributed by atoms with van der Waals surface area (Å²) in [7, 11) is -4.67. The topological polar surface area (TPSA) is 74.6 Å². The molecule has 0 atom stereocenters. The maximum Gasteiger partial charge on any atom is 0.394 e. The van der Waals surface area contributed by atoms with E-state index in [1.165, 1.54) is 0 Å². The summed E-state index contributed by atoms with van der Waals surface area (Å²) in [6.45, 7) is 1.62. The van der Waals surface area contributed by atoms with Crippen LogP contribution in [0.25, 0.3) is 0 Å². The van der Waals surface area contributed by atoms with Gasteiger partial charge in [-0.2, -0.15) is 8.42 Å². The first kappa shape index (κ1) is 11.6. The molecule has 6 heteroatoms. The van der Waals surface area contributed by atoms with Gasteiger partial charge in [0.05, 0.1) is 6.67 Å². The van der Waals surface area contributed by atoms with E-state index in [2.05, 4.69) is 0 Å². The van der Waals surface area contributed by atoms with Crippen molar-refractivity contribution in [3.8, 4) is 0 Å². The first-order valence-corrected chi connectivity index (χ1v) is 3.57. The predicted octanol–water partition coefficient (Wildman–Crippen LogP) is 0.713. The van der Waals surface area contributed by atoms with Crippen LogP contribution in [0.15, 0.2) is 0 Å². The van der Waals surface area contributed by atoms with E-state index in [0.717, 1.165) is 0 Å². The normalized spacial score (nSPS) is 9.78. The molecule has 0 radical (unpaired) electrons. The summed E-state index contributed by atoms with van der Waals surface area (Å²) in [6.07, 6.45) is 0.653. The van der Waals surface area contributed by atoms with Crippen molar-refractivity contribution in [2.24, 2.45) is 0 Å². The van der Waals surface area contributed by atoms with Crippen molar-refractivity contribution in [2.75, 3.05) is 6.67 Å². The molecule has 0 saturated carbocycles. The molecule has 2 N–H and O–H groups in total. The van der Waals surface area contributed by atoms with Crippen molar-refractivity contribution >= 4 is 10.4 Å². The van der Waals surface area contributed by atoms with Gasteiger partial charge in [0.15, 0.2) is 0 Å². The lowest BCUT2D eigenvalue weighted by molar-refractivity contribution is 0.381. The second-order valence-electron chi connectivity index (χ2n) is 1.14. The van der Waals surface area contributed by atoms with E-state index in [4.69, 9.17) is 17.5 Å². The van der Waals surface area contributed by atoms with E-state index in [0.29, 0.717) is 6.42 Å². The Morgan fingerprint density at radius 3 is 1.56 bits per heavy atom. The summed E-state index contributed by atoms with van der Waals surface area (Å²) in [5, 5.41) is 0. The summed E-state index contributed by atoms with van der Waals surface area (Å²) >= 11 is 0. The molecule has 0 aliphatic heterocycles. The van der Waals surface area contributed by atoms with Crippen molar-refractivity contribution in [1.29, 1.82) is 0 Å². The highest BCUT2D eigenvalue weighted by molar-refractivity contribution is 7.79. The average Bonchev–Trinajstić information content (AvgIpc) is 1.61. The van der Waals surface area contributed by atoms with Crippen LogP contribution in [0.5, 0.6) is 0 Å². The Hall–Kier alpha value is -0.200. The van der Waals surface area contributed by atoms with Crippen LogP contribution >= 0.6 is 0 Å². The molecule has 4 nitrogen and oxygen atoms in total. The van der Waals surface area contributed by atoms with Gasteiger partial charge in [0.25, 0.3) is 0 Å². The van der Waals surface area contributed by atoms with Crippen LogP contribution in [0.1, 0.15) is 13.3 Å². The molecule has 0 aromatic rings. The predicted molar refractivity (Wildman–Crippen MR) is 30.4 cm³/mol. The molecule has 58 valence electrons. The van der Waals surface area contributed by atoms with Crippen molar-refractivity contribution in [1.82, 2.24) is 0 Å². The van der Waals surface area contributed by atoms with Crippen LogP contribution in [0.3, 0.4) is 0 Å². The number of hydrogen-bond acceptors (Lipinski definition) is 2. The van der Waals surface area contributed by atoms with Crippen LogP contribution < -0.4 is 0 Å². The maximum absolute atomic E-state index is 10.7. The molecule has 0 aromatic heterocycles. The van der Waals surface area contributed by atoms with Gasteiger partial charge >= 0.3 is 10.4 Å². The number of hydrogen-bond donors (Lipinski definition) is 2. The first-order chi connectivity index (χ1) is 3.91. The summed E-state index contributed by atoms with van der Waals surface area (Å²) < 4.78 is 42.3. The van der Waals surface area contributed by atoms with E-state index >= 15 is 0 Å². The van der Waals surface area contributed by atoms with Gasteiger partial charge in [0, 0.05) is 0 Å². The van der Waals surface area contributed by atoms with Gasteiger partial charge < -0.3 is 0 Å². The Morgan fingerprint density at radius 1 is 1.44 bits per heavy atom. The third-order valence-electron chi connectivity index (χ3n) is 0.189. The molecular formula is C3H9FO4S. The Bertz CT molecular complexity index is 119. The van der Waals surface area contributed by atoms with Crippen LogP contribution in [-0.4, -0.2) is 24.2 Å². The third-order valence-corrected chi connectivity index (χ3v) is 0.189. The van der Waals surface area contributed by atoms with Crippen molar-refractivity contribution in [2.45, 2.75) is 13.3 Å². The second-order valence-corrected chi connectivity index (χ2v) is 2.03. The fourth-order valence-corrected chi connectivity index (χ4v) is 0. The molecule has 0 aromatic carbocycles. The standard InChI is InChI=1S/C3H7F.H2O4S/c1-2-3-4;1-5(2,3)4/h2-3H2,1H3;(H2,1,2,3,4). The fourth-order valence-electron chi connectivity index (χ4n) is 0. The van der Waals surface area contributed by atoms with Crippen LogP contribution in [0.2, 0.25) is 0 Å². The highest BCUT2D eigenvalue weighted by atomic mass is 32.3. The molecule has 0 fully saturated rings. The second kappa shape index (κ2) is 5.93. The van der Waals surface area contributed by atoms with Crippen LogP contribution in [0.4, 0.5) is 4.39 Å². The minimum Gasteiger partial charge on any atom is -0.264 e. The van der Waals surface area contributed by atoms with E-state index in [1.807, 2.05) is 0 Å².